The van der Waals surface area contributed by atoms with Gasteiger partial charge in [0, 0.05) is 18.5 Å². The number of aromatic amines is 1. The third-order valence-corrected chi connectivity index (χ3v) is 5.45. The molecule has 0 saturated heterocycles. The first-order valence-corrected chi connectivity index (χ1v) is 10.9. The highest BCUT2D eigenvalue weighted by Gasteiger charge is 2.32. The second-order valence-corrected chi connectivity index (χ2v) is 8.41. The molecule has 9 heteroatoms. The zero-order valence-corrected chi connectivity index (χ0v) is 19.0. The quantitative estimate of drug-likeness (QED) is 0.431. The van der Waals surface area contributed by atoms with Crippen LogP contribution in [-0.4, -0.2) is 59.8 Å². The van der Waals surface area contributed by atoms with Gasteiger partial charge in [-0.05, 0) is 41.2 Å². The Bertz CT molecular complexity index is 1060. The summed E-state index contributed by atoms with van der Waals surface area (Å²) >= 11 is 0. The van der Waals surface area contributed by atoms with Crippen LogP contribution in [0.1, 0.15) is 39.2 Å². The average molecular weight is 452 g/mol. The van der Waals surface area contributed by atoms with Gasteiger partial charge in [-0.2, -0.15) is 5.21 Å². The van der Waals surface area contributed by atoms with Crippen molar-refractivity contribution in [2.75, 3.05) is 0 Å². The van der Waals surface area contributed by atoms with Gasteiger partial charge in [0.1, 0.15) is 6.04 Å². The molecule has 0 bridgehead atoms. The Kier molecular flexibility index (Phi) is 7.89. The number of aliphatic hydroxyl groups is 1. The first kappa shape index (κ1) is 24.1. The number of carboxylic acids is 1. The molecule has 2 atom stereocenters. The van der Waals surface area contributed by atoms with Crippen LogP contribution in [0.15, 0.2) is 48.5 Å². The maximum absolute atomic E-state index is 12.9. The van der Waals surface area contributed by atoms with Gasteiger partial charge in [0.25, 0.3) is 0 Å². The van der Waals surface area contributed by atoms with E-state index in [1.807, 2.05) is 48.5 Å². The van der Waals surface area contributed by atoms with Gasteiger partial charge in [-0.15, -0.1) is 10.2 Å². The van der Waals surface area contributed by atoms with Crippen LogP contribution in [0, 0.1) is 5.92 Å². The number of aliphatic carboxylic acids is 1. The number of aliphatic hydroxyl groups excluding tert-OH is 1. The third kappa shape index (κ3) is 6.01. The number of tetrazole rings is 1. The molecule has 0 spiro atoms. The Morgan fingerprint density at radius 1 is 1.03 bits per heavy atom. The average Bonchev–Trinajstić information content (AvgIpc) is 3.32. The van der Waals surface area contributed by atoms with Crippen LogP contribution in [-0.2, 0) is 16.1 Å². The number of nitrogens with zero attached hydrogens (tertiary/aromatic N) is 4. The maximum Gasteiger partial charge on any atom is 0.326 e. The van der Waals surface area contributed by atoms with Gasteiger partial charge in [0.15, 0.2) is 0 Å². The van der Waals surface area contributed by atoms with Crippen LogP contribution >= 0.6 is 0 Å². The lowest BCUT2D eigenvalue weighted by Gasteiger charge is -2.32. The van der Waals surface area contributed by atoms with Crippen molar-refractivity contribution in [1.29, 1.82) is 0 Å². The fourth-order valence-corrected chi connectivity index (χ4v) is 3.79. The molecular formula is C24H29N5O4. The van der Waals surface area contributed by atoms with E-state index in [1.54, 1.807) is 20.8 Å². The molecule has 0 aliphatic carbocycles. The standard InChI is InChI=1S/C24H29N5O4/c1-15(2)22(24(32)33)29(21(31)13-8-16(3)30)14-17-9-11-18(12-10-17)19-6-4-5-7-20(19)23-25-27-28-26-23/h4-7,9-12,15-16,22,30H,8,13-14H2,1-3H3,(H,32,33)(H,25,26,27,28). The lowest BCUT2D eigenvalue weighted by atomic mass is 9.97. The normalized spacial score (nSPS) is 13.0. The molecule has 3 aromatic rings. The number of carbonyl (C=O) groups excluding carboxylic acids is 1. The number of nitrogens with one attached hydrogen (secondary N) is 1. The maximum atomic E-state index is 12.9. The van der Waals surface area contributed by atoms with Crippen molar-refractivity contribution in [3.63, 3.8) is 0 Å². The van der Waals surface area contributed by atoms with Gasteiger partial charge in [0.05, 0.1) is 6.10 Å². The Hall–Kier alpha value is -3.59. The van der Waals surface area contributed by atoms with Crippen LogP contribution in [0.25, 0.3) is 22.5 Å². The van der Waals surface area contributed by atoms with Gasteiger partial charge < -0.3 is 15.1 Å². The SMILES string of the molecule is CC(O)CCC(=O)N(Cc1ccc(-c2ccccc2-c2nn[nH]n2)cc1)C(C(=O)O)C(C)C. The second kappa shape index (κ2) is 10.8. The number of carbonyl (C=O) groups is 2. The fourth-order valence-electron chi connectivity index (χ4n) is 3.79. The fraction of sp³-hybridized carbons (Fsp3) is 0.375. The van der Waals surface area contributed by atoms with Crippen LogP contribution in [0.4, 0.5) is 0 Å². The summed E-state index contributed by atoms with van der Waals surface area (Å²) < 4.78 is 0. The molecule has 9 nitrogen and oxygen atoms in total. The minimum atomic E-state index is -1.04. The van der Waals surface area contributed by atoms with Crippen LogP contribution in [0.5, 0.6) is 0 Å². The van der Waals surface area contributed by atoms with Gasteiger partial charge in [-0.3, -0.25) is 4.79 Å². The first-order valence-electron chi connectivity index (χ1n) is 10.9. The van der Waals surface area contributed by atoms with Crippen molar-refractivity contribution in [3.8, 4) is 22.5 Å². The van der Waals surface area contributed by atoms with Gasteiger partial charge >= 0.3 is 5.97 Å². The molecule has 0 saturated carbocycles. The van der Waals surface area contributed by atoms with E-state index >= 15 is 0 Å². The first-order chi connectivity index (χ1) is 15.8. The summed E-state index contributed by atoms with van der Waals surface area (Å²) in [6.07, 6.45) is -0.257. The highest BCUT2D eigenvalue weighted by molar-refractivity contribution is 5.84. The third-order valence-electron chi connectivity index (χ3n) is 5.45. The van der Waals surface area contributed by atoms with E-state index in [-0.39, 0.29) is 31.2 Å². The van der Waals surface area contributed by atoms with E-state index in [1.165, 1.54) is 4.90 Å². The van der Waals surface area contributed by atoms with Gasteiger partial charge in [-0.25, -0.2) is 4.79 Å². The molecule has 0 radical (unpaired) electrons. The Morgan fingerprint density at radius 2 is 1.70 bits per heavy atom. The topological polar surface area (TPSA) is 132 Å². The van der Waals surface area contributed by atoms with Crippen LogP contribution < -0.4 is 0 Å². The summed E-state index contributed by atoms with van der Waals surface area (Å²) in [7, 11) is 0. The Morgan fingerprint density at radius 3 is 2.24 bits per heavy atom. The van der Waals surface area contributed by atoms with E-state index in [2.05, 4.69) is 20.6 Å². The summed E-state index contributed by atoms with van der Waals surface area (Å²) in [4.78, 5) is 26.2. The van der Waals surface area contributed by atoms with E-state index in [0.717, 1.165) is 22.3 Å². The number of carboxylic acid groups (broad SMARTS) is 1. The molecule has 1 aromatic heterocycles. The predicted molar refractivity (Wildman–Crippen MR) is 123 cm³/mol. The van der Waals surface area contributed by atoms with Gasteiger partial charge in [0.2, 0.25) is 11.7 Å². The summed E-state index contributed by atoms with van der Waals surface area (Å²) in [5, 5.41) is 33.6. The number of H-pyrrole nitrogens is 1. The smallest absolute Gasteiger partial charge is 0.326 e. The van der Waals surface area contributed by atoms with Crippen molar-refractivity contribution < 1.29 is 19.8 Å². The molecule has 0 aliphatic heterocycles. The molecule has 3 rings (SSSR count). The highest BCUT2D eigenvalue weighted by atomic mass is 16.4. The number of hydrogen-bond acceptors (Lipinski definition) is 6. The predicted octanol–water partition coefficient (Wildman–Crippen LogP) is 3.13. The van der Waals surface area contributed by atoms with E-state index in [9.17, 15) is 19.8 Å². The van der Waals surface area contributed by atoms with Crippen LogP contribution in [0.3, 0.4) is 0 Å². The minimum absolute atomic E-state index is 0.0876. The molecular weight excluding hydrogens is 422 g/mol. The number of aromatic nitrogens is 4. The van der Waals surface area contributed by atoms with Crippen molar-refractivity contribution in [3.05, 3.63) is 54.1 Å². The Labute approximate surface area is 192 Å². The van der Waals surface area contributed by atoms with Gasteiger partial charge in [-0.1, -0.05) is 62.4 Å². The van der Waals surface area contributed by atoms with Crippen molar-refractivity contribution in [2.45, 2.75) is 52.3 Å². The second-order valence-electron chi connectivity index (χ2n) is 8.41. The zero-order chi connectivity index (χ0) is 24.0. The van der Waals surface area contributed by atoms with Crippen LogP contribution in [0.2, 0.25) is 0 Å². The number of hydrogen-bond donors (Lipinski definition) is 3. The zero-order valence-electron chi connectivity index (χ0n) is 19.0. The number of benzene rings is 2. The lowest BCUT2D eigenvalue weighted by molar-refractivity contribution is -0.153. The molecule has 0 aliphatic rings. The molecule has 0 fully saturated rings. The summed E-state index contributed by atoms with van der Waals surface area (Å²) in [5.74, 6) is -1.10. The minimum Gasteiger partial charge on any atom is -0.480 e. The van der Waals surface area contributed by atoms with E-state index in [4.69, 9.17) is 0 Å². The summed E-state index contributed by atoms with van der Waals surface area (Å²) in [5.41, 5.74) is 3.51. The van der Waals surface area contributed by atoms with Crippen molar-refractivity contribution in [2.24, 2.45) is 5.92 Å². The molecule has 174 valence electrons. The molecule has 2 unspecified atom stereocenters. The molecule has 1 amide bonds. The Balaban J connectivity index is 1.87. The molecule has 1 heterocycles. The monoisotopic (exact) mass is 451 g/mol. The molecule has 2 aromatic carbocycles. The summed E-state index contributed by atoms with van der Waals surface area (Å²) in [6, 6.07) is 14.4. The van der Waals surface area contributed by atoms with Crippen molar-refractivity contribution in [1.82, 2.24) is 25.5 Å². The largest absolute Gasteiger partial charge is 0.480 e. The van der Waals surface area contributed by atoms with Crippen molar-refractivity contribution >= 4 is 11.9 Å². The highest BCUT2D eigenvalue weighted by Crippen LogP contribution is 2.30. The molecule has 33 heavy (non-hydrogen) atoms. The summed E-state index contributed by atoms with van der Waals surface area (Å²) in [6.45, 7) is 5.35. The lowest BCUT2D eigenvalue weighted by Crippen LogP contribution is -2.47. The van der Waals surface area contributed by atoms with E-state index in [0.29, 0.717) is 5.82 Å². The number of rotatable bonds is 10. The molecule has 3 N–H and O–H groups in total. The number of amides is 1. The van der Waals surface area contributed by atoms with E-state index < -0.39 is 18.1 Å².